The van der Waals surface area contributed by atoms with Gasteiger partial charge in [0.25, 0.3) is 5.91 Å². The summed E-state index contributed by atoms with van der Waals surface area (Å²) in [4.78, 5) is 14.3. The summed E-state index contributed by atoms with van der Waals surface area (Å²) < 4.78 is 26.2. The number of aromatic nitrogens is 3. The molecule has 0 radical (unpaired) electrons. The molecule has 1 aliphatic heterocycles. The molecule has 1 fully saturated rings. The lowest BCUT2D eigenvalue weighted by Gasteiger charge is -2.33. The first-order valence-electron chi connectivity index (χ1n) is 7.71. The average Bonchev–Trinajstić information content (AvgIpc) is 3.00. The Morgan fingerprint density at radius 1 is 1.50 bits per heavy atom. The molecule has 8 heteroatoms. The summed E-state index contributed by atoms with van der Waals surface area (Å²) in [5.74, 6) is 0.427. The second-order valence-corrected chi connectivity index (χ2v) is 5.66. The van der Waals surface area contributed by atoms with E-state index in [4.69, 9.17) is 9.47 Å². The van der Waals surface area contributed by atoms with E-state index in [0.29, 0.717) is 31.3 Å². The fourth-order valence-corrected chi connectivity index (χ4v) is 2.64. The summed E-state index contributed by atoms with van der Waals surface area (Å²) in [5, 5.41) is 7.87. The van der Waals surface area contributed by atoms with Crippen molar-refractivity contribution in [2.24, 2.45) is 7.05 Å². The number of halogens is 1. The molecule has 0 saturated carbocycles. The van der Waals surface area contributed by atoms with E-state index in [1.165, 1.54) is 12.1 Å². The molecular formula is C16H19FN4O3. The quantitative estimate of drug-likeness (QED) is 0.843. The average molecular weight is 334 g/mol. The number of morpholine rings is 1. The van der Waals surface area contributed by atoms with Crippen molar-refractivity contribution in [3.8, 4) is 5.75 Å². The third-order valence-corrected chi connectivity index (χ3v) is 3.87. The molecule has 0 unspecified atom stereocenters. The summed E-state index contributed by atoms with van der Waals surface area (Å²) in [6, 6.07) is 5.74. The molecule has 1 aliphatic rings. The Bertz CT molecular complexity index is 721. The van der Waals surface area contributed by atoms with E-state index in [1.54, 1.807) is 34.9 Å². The molecular weight excluding hydrogens is 315 g/mol. The zero-order valence-electron chi connectivity index (χ0n) is 13.6. The molecule has 1 amide bonds. The summed E-state index contributed by atoms with van der Waals surface area (Å²) in [6.45, 7) is 2.92. The van der Waals surface area contributed by atoms with E-state index >= 15 is 0 Å². The van der Waals surface area contributed by atoms with Gasteiger partial charge in [0.05, 0.1) is 13.2 Å². The Labute approximate surface area is 139 Å². The molecule has 7 nitrogen and oxygen atoms in total. The molecule has 1 saturated heterocycles. The third-order valence-electron chi connectivity index (χ3n) is 3.87. The minimum Gasteiger partial charge on any atom is -0.481 e. The monoisotopic (exact) mass is 334 g/mol. The van der Waals surface area contributed by atoms with E-state index < -0.39 is 11.9 Å². The SMILES string of the molecule is C[C@@H](Oc1cccc(F)c1)C(=O)N1CCO[C@@H](c2nncn2C)C1. The van der Waals surface area contributed by atoms with Crippen LogP contribution >= 0.6 is 0 Å². The number of carbonyl (C=O) groups is 1. The van der Waals surface area contributed by atoms with Crippen molar-refractivity contribution in [1.82, 2.24) is 19.7 Å². The summed E-state index contributed by atoms with van der Waals surface area (Å²) in [7, 11) is 1.83. The van der Waals surface area contributed by atoms with Crippen LogP contribution < -0.4 is 4.74 Å². The molecule has 1 aromatic carbocycles. The Kier molecular flexibility index (Phi) is 4.75. The number of ether oxygens (including phenoxy) is 2. The van der Waals surface area contributed by atoms with Gasteiger partial charge in [-0.05, 0) is 19.1 Å². The van der Waals surface area contributed by atoms with Crippen LogP contribution in [0.5, 0.6) is 5.75 Å². The normalized spacial score (nSPS) is 19.1. The largest absolute Gasteiger partial charge is 0.481 e. The van der Waals surface area contributed by atoms with Crippen molar-refractivity contribution in [3.63, 3.8) is 0 Å². The number of benzene rings is 1. The number of hydrogen-bond donors (Lipinski definition) is 0. The second-order valence-electron chi connectivity index (χ2n) is 5.66. The number of amides is 1. The van der Waals surface area contributed by atoms with Crippen LogP contribution in [-0.4, -0.2) is 51.4 Å². The maximum Gasteiger partial charge on any atom is 0.263 e. The van der Waals surface area contributed by atoms with Crippen LogP contribution in [0.3, 0.4) is 0 Å². The highest BCUT2D eigenvalue weighted by atomic mass is 19.1. The molecule has 24 heavy (non-hydrogen) atoms. The number of carbonyl (C=O) groups excluding carboxylic acids is 1. The van der Waals surface area contributed by atoms with Gasteiger partial charge in [0.15, 0.2) is 11.9 Å². The molecule has 0 aliphatic carbocycles. The van der Waals surface area contributed by atoms with Crippen molar-refractivity contribution in [2.45, 2.75) is 19.1 Å². The molecule has 0 spiro atoms. The molecule has 2 aromatic rings. The first kappa shape index (κ1) is 16.4. The Morgan fingerprint density at radius 2 is 2.33 bits per heavy atom. The molecule has 3 rings (SSSR count). The molecule has 128 valence electrons. The van der Waals surface area contributed by atoms with Gasteiger partial charge in [0.2, 0.25) is 0 Å². The summed E-state index contributed by atoms with van der Waals surface area (Å²) >= 11 is 0. The highest BCUT2D eigenvalue weighted by Gasteiger charge is 2.31. The number of nitrogens with zero attached hydrogens (tertiary/aromatic N) is 4. The van der Waals surface area contributed by atoms with Crippen LogP contribution in [0.25, 0.3) is 0 Å². The molecule has 1 aromatic heterocycles. The highest BCUT2D eigenvalue weighted by Crippen LogP contribution is 2.21. The first-order valence-corrected chi connectivity index (χ1v) is 7.71. The number of hydrogen-bond acceptors (Lipinski definition) is 5. The lowest BCUT2D eigenvalue weighted by atomic mass is 10.2. The van der Waals surface area contributed by atoms with Crippen LogP contribution in [0, 0.1) is 5.82 Å². The van der Waals surface area contributed by atoms with E-state index in [1.807, 2.05) is 7.05 Å². The molecule has 0 N–H and O–H groups in total. The van der Waals surface area contributed by atoms with E-state index in [0.717, 1.165) is 0 Å². The minimum absolute atomic E-state index is 0.172. The first-order chi connectivity index (χ1) is 11.5. The topological polar surface area (TPSA) is 69.5 Å². The van der Waals surface area contributed by atoms with Gasteiger partial charge >= 0.3 is 0 Å². The van der Waals surface area contributed by atoms with Gasteiger partial charge in [-0.15, -0.1) is 10.2 Å². The van der Waals surface area contributed by atoms with Crippen molar-refractivity contribution in [1.29, 1.82) is 0 Å². The van der Waals surface area contributed by atoms with Gasteiger partial charge in [-0.2, -0.15) is 0 Å². The second kappa shape index (κ2) is 6.96. The predicted molar refractivity (Wildman–Crippen MR) is 82.8 cm³/mol. The van der Waals surface area contributed by atoms with Crippen molar-refractivity contribution in [2.75, 3.05) is 19.7 Å². The third kappa shape index (κ3) is 3.53. The summed E-state index contributed by atoms with van der Waals surface area (Å²) in [5.41, 5.74) is 0. The van der Waals surface area contributed by atoms with E-state index in [-0.39, 0.29) is 12.0 Å². The smallest absolute Gasteiger partial charge is 0.263 e. The lowest BCUT2D eigenvalue weighted by molar-refractivity contribution is -0.146. The predicted octanol–water partition coefficient (Wildman–Crippen LogP) is 1.32. The van der Waals surface area contributed by atoms with Crippen molar-refractivity contribution >= 4 is 5.91 Å². The highest BCUT2D eigenvalue weighted by molar-refractivity contribution is 5.81. The molecule has 2 atom stereocenters. The fourth-order valence-electron chi connectivity index (χ4n) is 2.64. The fraction of sp³-hybridized carbons (Fsp3) is 0.438. The molecule has 0 bridgehead atoms. The lowest BCUT2D eigenvalue weighted by Crippen LogP contribution is -2.47. The zero-order chi connectivity index (χ0) is 17.1. The maximum absolute atomic E-state index is 13.2. The minimum atomic E-state index is -0.718. The number of rotatable bonds is 4. The Hall–Kier alpha value is -2.48. The van der Waals surface area contributed by atoms with Gasteiger partial charge in [0.1, 0.15) is 24.0 Å². The standard InChI is InChI=1S/C16H19FN4O3/c1-11(24-13-5-3-4-12(17)8-13)16(22)21-6-7-23-14(9-21)15-19-18-10-20(15)2/h3-5,8,10-11,14H,6-7,9H2,1-2H3/t11-,14-/m1/s1. The van der Waals surface area contributed by atoms with Crippen LogP contribution in [0.15, 0.2) is 30.6 Å². The van der Waals surface area contributed by atoms with Crippen molar-refractivity contribution in [3.05, 3.63) is 42.2 Å². The zero-order valence-corrected chi connectivity index (χ0v) is 13.6. The van der Waals surface area contributed by atoms with Crippen molar-refractivity contribution < 1.29 is 18.7 Å². The maximum atomic E-state index is 13.2. The van der Waals surface area contributed by atoms with E-state index in [2.05, 4.69) is 10.2 Å². The van der Waals surface area contributed by atoms with Gasteiger partial charge in [-0.1, -0.05) is 6.07 Å². The van der Waals surface area contributed by atoms with Gasteiger partial charge in [-0.25, -0.2) is 4.39 Å². The van der Waals surface area contributed by atoms with Gasteiger partial charge in [0, 0.05) is 19.7 Å². The number of aryl methyl sites for hydroxylation is 1. The molecule has 2 heterocycles. The summed E-state index contributed by atoms with van der Waals surface area (Å²) in [6.07, 6.45) is 0.552. The Morgan fingerprint density at radius 3 is 3.04 bits per heavy atom. The Balaban J connectivity index is 1.64. The van der Waals surface area contributed by atoms with Crippen LogP contribution in [0.1, 0.15) is 18.9 Å². The van der Waals surface area contributed by atoms with Crippen LogP contribution in [0.2, 0.25) is 0 Å². The van der Waals surface area contributed by atoms with E-state index in [9.17, 15) is 9.18 Å². The van der Waals surface area contributed by atoms with Crippen LogP contribution in [0.4, 0.5) is 4.39 Å². The van der Waals surface area contributed by atoms with Gasteiger partial charge < -0.3 is 18.9 Å². The van der Waals surface area contributed by atoms with Crippen LogP contribution in [-0.2, 0) is 16.6 Å². The van der Waals surface area contributed by atoms with Gasteiger partial charge in [-0.3, -0.25) is 4.79 Å².